The third-order valence-corrected chi connectivity index (χ3v) is 5.23. The van der Waals surface area contributed by atoms with E-state index in [0.29, 0.717) is 13.0 Å². The quantitative estimate of drug-likeness (QED) is 0.847. The van der Waals surface area contributed by atoms with Crippen LogP contribution in [0.1, 0.15) is 37.0 Å². The van der Waals surface area contributed by atoms with Gasteiger partial charge in [-0.15, -0.1) is 11.3 Å². The molecule has 0 bridgehead atoms. The van der Waals surface area contributed by atoms with Gasteiger partial charge in [-0.05, 0) is 53.7 Å². The van der Waals surface area contributed by atoms with Gasteiger partial charge in [-0.1, -0.05) is 0 Å². The molecule has 1 amide bonds. The summed E-state index contributed by atoms with van der Waals surface area (Å²) in [7, 11) is 0. The molecule has 1 N–H and O–H groups in total. The minimum Gasteiger partial charge on any atom is -0.481 e. The minimum atomic E-state index is -0.821. The number of carbonyl (C=O) groups excluding carboxylic acids is 1. The Kier molecular flexibility index (Phi) is 5.60. The fraction of sp³-hybridized carbons (Fsp3) is 0.571. The van der Waals surface area contributed by atoms with Gasteiger partial charge in [0.25, 0.3) is 0 Å². The molecular formula is C14H18BrNO3S. The summed E-state index contributed by atoms with van der Waals surface area (Å²) in [6, 6.07) is 3.99. The zero-order valence-electron chi connectivity index (χ0n) is 11.2. The van der Waals surface area contributed by atoms with Gasteiger partial charge in [-0.2, -0.15) is 0 Å². The molecule has 1 saturated heterocycles. The SMILES string of the molecule is O=C(O)CC1CCCN1C(=O)CCCc1ccc(Br)s1. The Hall–Kier alpha value is -0.880. The number of hydrogen-bond acceptors (Lipinski definition) is 3. The zero-order valence-corrected chi connectivity index (χ0v) is 13.6. The maximum atomic E-state index is 12.2. The number of nitrogens with zero attached hydrogens (tertiary/aromatic N) is 1. The van der Waals surface area contributed by atoms with Crippen molar-refractivity contribution in [1.82, 2.24) is 4.90 Å². The van der Waals surface area contributed by atoms with Crippen molar-refractivity contribution >= 4 is 39.1 Å². The first-order valence-electron chi connectivity index (χ1n) is 6.81. The molecule has 1 aromatic heterocycles. The number of likely N-dealkylation sites (tertiary alicyclic amines) is 1. The fourth-order valence-corrected chi connectivity index (χ4v) is 4.15. The molecule has 1 unspecified atom stereocenters. The summed E-state index contributed by atoms with van der Waals surface area (Å²) in [4.78, 5) is 26.0. The molecule has 110 valence electrons. The molecule has 20 heavy (non-hydrogen) atoms. The maximum Gasteiger partial charge on any atom is 0.305 e. The van der Waals surface area contributed by atoms with Crippen molar-refractivity contribution < 1.29 is 14.7 Å². The van der Waals surface area contributed by atoms with Gasteiger partial charge in [0.05, 0.1) is 10.2 Å². The zero-order chi connectivity index (χ0) is 14.5. The first kappa shape index (κ1) is 15.5. The van der Waals surface area contributed by atoms with Gasteiger partial charge in [0.1, 0.15) is 0 Å². The largest absolute Gasteiger partial charge is 0.481 e. The van der Waals surface area contributed by atoms with Crippen LogP contribution in [0.4, 0.5) is 0 Å². The van der Waals surface area contributed by atoms with Crippen LogP contribution in [0, 0.1) is 0 Å². The van der Waals surface area contributed by atoms with Gasteiger partial charge in [-0.3, -0.25) is 9.59 Å². The van der Waals surface area contributed by atoms with E-state index < -0.39 is 5.97 Å². The summed E-state index contributed by atoms with van der Waals surface area (Å²) >= 11 is 5.12. The predicted octanol–water partition coefficient (Wildman–Crippen LogP) is 3.30. The topological polar surface area (TPSA) is 57.6 Å². The highest BCUT2D eigenvalue weighted by Gasteiger charge is 2.29. The number of aryl methyl sites for hydroxylation is 1. The molecule has 2 rings (SSSR count). The number of hydrogen-bond donors (Lipinski definition) is 1. The summed E-state index contributed by atoms with van der Waals surface area (Å²) in [6.45, 7) is 0.710. The molecule has 4 nitrogen and oxygen atoms in total. The summed E-state index contributed by atoms with van der Waals surface area (Å²) < 4.78 is 1.11. The molecule has 0 spiro atoms. The van der Waals surface area contributed by atoms with Crippen LogP contribution >= 0.6 is 27.3 Å². The summed E-state index contributed by atoms with van der Waals surface area (Å²) in [5.41, 5.74) is 0. The number of carbonyl (C=O) groups is 2. The smallest absolute Gasteiger partial charge is 0.305 e. The van der Waals surface area contributed by atoms with Crippen molar-refractivity contribution in [3.8, 4) is 0 Å². The van der Waals surface area contributed by atoms with Crippen molar-refractivity contribution in [3.05, 3.63) is 20.8 Å². The lowest BCUT2D eigenvalue weighted by Gasteiger charge is -2.23. The van der Waals surface area contributed by atoms with E-state index in [2.05, 4.69) is 22.0 Å². The molecule has 1 fully saturated rings. The Morgan fingerprint density at radius 1 is 1.45 bits per heavy atom. The van der Waals surface area contributed by atoms with E-state index in [0.717, 1.165) is 29.5 Å². The van der Waals surface area contributed by atoms with Crippen LogP contribution in [-0.2, 0) is 16.0 Å². The van der Waals surface area contributed by atoms with Crippen LogP contribution in [-0.4, -0.2) is 34.5 Å². The molecule has 0 saturated carbocycles. The normalized spacial score (nSPS) is 18.4. The molecule has 0 aliphatic carbocycles. The highest BCUT2D eigenvalue weighted by Crippen LogP contribution is 2.25. The molecule has 1 atom stereocenters. The van der Waals surface area contributed by atoms with Crippen LogP contribution in [0.3, 0.4) is 0 Å². The van der Waals surface area contributed by atoms with Crippen LogP contribution in [0.15, 0.2) is 15.9 Å². The monoisotopic (exact) mass is 359 g/mol. The van der Waals surface area contributed by atoms with E-state index in [4.69, 9.17) is 5.11 Å². The highest BCUT2D eigenvalue weighted by molar-refractivity contribution is 9.11. The number of amides is 1. The molecule has 2 heterocycles. The lowest BCUT2D eigenvalue weighted by molar-refractivity contribution is -0.139. The van der Waals surface area contributed by atoms with Gasteiger partial charge < -0.3 is 10.0 Å². The van der Waals surface area contributed by atoms with Gasteiger partial charge in [-0.25, -0.2) is 0 Å². The first-order valence-corrected chi connectivity index (χ1v) is 8.42. The van der Waals surface area contributed by atoms with E-state index >= 15 is 0 Å². The lowest BCUT2D eigenvalue weighted by atomic mass is 10.1. The molecular weight excluding hydrogens is 342 g/mol. The molecule has 0 radical (unpaired) electrons. The van der Waals surface area contributed by atoms with E-state index in [1.807, 2.05) is 6.07 Å². The first-order chi connectivity index (χ1) is 9.56. The van der Waals surface area contributed by atoms with Crippen LogP contribution < -0.4 is 0 Å². The molecule has 6 heteroatoms. The van der Waals surface area contributed by atoms with Crippen molar-refractivity contribution in [3.63, 3.8) is 0 Å². The van der Waals surface area contributed by atoms with Crippen molar-refractivity contribution in [2.24, 2.45) is 0 Å². The van der Waals surface area contributed by atoms with Gasteiger partial charge in [0, 0.05) is 23.9 Å². The van der Waals surface area contributed by atoms with E-state index in [1.165, 1.54) is 4.88 Å². The number of carboxylic acids is 1. The number of rotatable bonds is 6. The van der Waals surface area contributed by atoms with Crippen molar-refractivity contribution in [2.75, 3.05) is 6.54 Å². The fourth-order valence-electron chi connectivity index (χ4n) is 2.62. The second-order valence-corrected chi connectivity index (χ2v) is 7.59. The van der Waals surface area contributed by atoms with Crippen LogP contribution in [0.25, 0.3) is 0 Å². The average molecular weight is 360 g/mol. The molecule has 0 aromatic carbocycles. The van der Waals surface area contributed by atoms with Crippen LogP contribution in [0.2, 0.25) is 0 Å². The highest BCUT2D eigenvalue weighted by atomic mass is 79.9. The standard InChI is InChI=1S/C14H18BrNO3S/c15-12-7-6-11(20-12)4-1-5-13(17)16-8-2-3-10(16)9-14(18)19/h6-7,10H,1-5,8-9H2,(H,18,19). The van der Waals surface area contributed by atoms with E-state index in [9.17, 15) is 9.59 Å². The Morgan fingerprint density at radius 2 is 2.25 bits per heavy atom. The second-order valence-electron chi connectivity index (χ2n) is 5.04. The predicted molar refractivity (Wildman–Crippen MR) is 81.9 cm³/mol. The Balaban J connectivity index is 1.77. The molecule has 1 aliphatic rings. The van der Waals surface area contributed by atoms with Gasteiger partial charge in [0.2, 0.25) is 5.91 Å². The number of aliphatic carboxylic acids is 1. The average Bonchev–Trinajstić information content (AvgIpc) is 2.98. The Morgan fingerprint density at radius 3 is 2.90 bits per heavy atom. The Bertz CT molecular complexity index is 489. The van der Waals surface area contributed by atoms with Crippen molar-refractivity contribution in [1.29, 1.82) is 0 Å². The van der Waals surface area contributed by atoms with E-state index in [1.54, 1.807) is 16.2 Å². The maximum absolute atomic E-state index is 12.2. The second kappa shape index (κ2) is 7.22. The third kappa shape index (κ3) is 4.31. The van der Waals surface area contributed by atoms with Gasteiger partial charge >= 0.3 is 5.97 Å². The van der Waals surface area contributed by atoms with Gasteiger partial charge in [0.15, 0.2) is 0 Å². The summed E-state index contributed by atoms with van der Waals surface area (Å²) in [6.07, 6.45) is 4.04. The number of carboxylic acid groups (broad SMARTS) is 1. The minimum absolute atomic E-state index is 0.0730. The lowest BCUT2D eigenvalue weighted by Crippen LogP contribution is -2.36. The summed E-state index contributed by atoms with van der Waals surface area (Å²) in [5.74, 6) is -0.720. The third-order valence-electron chi connectivity index (χ3n) is 3.55. The Labute approximate surface area is 130 Å². The van der Waals surface area contributed by atoms with Crippen LogP contribution in [0.5, 0.6) is 0 Å². The molecule has 1 aromatic rings. The number of thiophene rings is 1. The van der Waals surface area contributed by atoms with Crippen molar-refractivity contribution in [2.45, 2.75) is 44.6 Å². The number of halogens is 1. The summed E-state index contributed by atoms with van der Waals surface area (Å²) in [5, 5.41) is 8.86. The van der Waals surface area contributed by atoms with E-state index in [-0.39, 0.29) is 18.4 Å². The molecule has 1 aliphatic heterocycles.